The van der Waals surface area contributed by atoms with Crippen LogP contribution in [0.4, 0.5) is 5.69 Å². The summed E-state index contributed by atoms with van der Waals surface area (Å²) in [6.45, 7) is 6.26. The first kappa shape index (κ1) is 17.5. The van der Waals surface area contributed by atoms with Gasteiger partial charge in [-0.05, 0) is 51.1 Å². The molecule has 0 aromatic heterocycles. The smallest absolute Gasteiger partial charge is 0.338 e. The molecule has 5 nitrogen and oxygen atoms in total. The fourth-order valence-corrected chi connectivity index (χ4v) is 2.14. The Morgan fingerprint density at radius 1 is 0.958 bits per heavy atom. The molecule has 0 fully saturated rings. The molecule has 0 radical (unpaired) electrons. The Morgan fingerprint density at radius 3 is 2.25 bits per heavy atom. The van der Waals surface area contributed by atoms with Gasteiger partial charge in [0.15, 0.2) is 0 Å². The summed E-state index contributed by atoms with van der Waals surface area (Å²) in [5.74, 6) is -0.224. The summed E-state index contributed by atoms with van der Waals surface area (Å²) in [7, 11) is 0. The van der Waals surface area contributed by atoms with Crippen LogP contribution in [0, 0.1) is 6.92 Å². The normalized spacial score (nSPS) is 10.1. The number of esters is 1. The van der Waals surface area contributed by atoms with Gasteiger partial charge in [-0.3, -0.25) is 4.79 Å². The van der Waals surface area contributed by atoms with E-state index in [0.29, 0.717) is 35.8 Å². The summed E-state index contributed by atoms with van der Waals surface area (Å²) < 4.78 is 10.5. The molecule has 0 heterocycles. The number of amides is 1. The van der Waals surface area contributed by atoms with E-state index in [1.54, 1.807) is 37.3 Å². The van der Waals surface area contributed by atoms with Gasteiger partial charge in [0, 0.05) is 5.56 Å². The largest absolute Gasteiger partial charge is 0.492 e. The predicted octanol–water partition coefficient (Wildman–Crippen LogP) is 3.82. The number of rotatable bonds is 6. The van der Waals surface area contributed by atoms with Crippen LogP contribution in [0.1, 0.15) is 40.1 Å². The molecule has 0 aliphatic heterocycles. The van der Waals surface area contributed by atoms with Crippen molar-refractivity contribution in [2.75, 3.05) is 18.5 Å². The van der Waals surface area contributed by atoms with E-state index in [1.807, 2.05) is 26.0 Å². The Morgan fingerprint density at radius 2 is 1.62 bits per heavy atom. The number of carbonyl (C=O) groups excluding carboxylic acids is 2. The van der Waals surface area contributed by atoms with Crippen molar-refractivity contribution >= 4 is 17.6 Å². The van der Waals surface area contributed by atoms with E-state index in [4.69, 9.17) is 9.47 Å². The number of ether oxygens (including phenoxy) is 2. The summed E-state index contributed by atoms with van der Waals surface area (Å²) in [6, 6.07) is 12.1. The zero-order valence-electron chi connectivity index (χ0n) is 14.1. The molecular formula is C19H21NO4. The molecule has 2 rings (SSSR count). The molecule has 0 unspecified atom stereocenters. The van der Waals surface area contributed by atoms with Crippen molar-refractivity contribution in [3.05, 3.63) is 59.2 Å². The summed E-state index contributed by atoms with van der Waals surface area (Å²) in [5, 5.41) is 2.81. The number of anilines is 1. The standard InChI is InChI=1S/C19H21NO4/c1-4-23-17-12-15(19(22)24-5-2)10-11-16(17)20-18(21)14-8-6-13(3)7-9-14/h6-12H,4-5H2,1-3H3,(H,20,21). The Kier molecular flexibility index (Phi) is 5.95. The van der Waals surface area contributed by atoms with Crippen molar-refractivity contribution in [2.45, 2.75) is 20.8 Å². The first-order chi connectivity index (χ1) is 11.5. The highest BCUT2D eigenvalue weighted by Gasteiger charge is 2.14. The van der Waals surface area contributed by atoms with Gasteiger partial charge in [0.05, 0.1) is 24.5 Å². The highest BCUT2D eigenvalue weighted by Crippen LogP contribution is 2.27. The van der Waals surface area contributed by atoms with Crippen LogP contribution < -0.4 is 10.1 Å². The molecular weight excluding hydrogens is 306 g/mol. The van der Waals surface area contributed by atoms with E-state index < -0.39 is 5.97 Å². The highest BCUT2D eigenvalue weighted by molar-refractivity contribution is 6.05. The van der Waals surface area contributed by atoms with Gasteiger partial charge in [-0.2, -0.15) is 0 Å². The van der Waals surface area contributed by atoms with Crippen LogP contribution in [0.25, 0.3) is 0 Å². The van der Waals surface area contributed by atoms with Crippen LogP contribution in [-0.2, 0) is 4.74 Å². The summed E-state index contributed by atoms with van der Waals surface area (Å²) in [6.07, 6.45) is 0. The number of carbonyl (C=O) groups is 2. The molecule has 0 spiro atoms. The average molecular weight is 327 g/mol. The predicted molar refractivity (Wildman–Crippen MR) is 92.7 cm³/mol. The van der Waals surface area contributed by atoms with Crippen LogP contribution in [0.2, 0.25) is 0 Å². The molecule has 126 valence electrons. The van der Waals surface area contributed by atoms with E-state index in [1.165, 1.54) is 0 Å². The molecule has 24 heavy (non-hydrogen) atoms. The third-order valence-corrected chi connectivity index (χ3v) is 3.35. The van der Waals surface area contributed by atoms with Crippen molar-refractivity contribution < 1.29 is 19.1 Å². The Hall–Kier alpha value is -2.82. The number of aryl methyl sites for hydroxylation is 1. The number of benzene rings is 2. The lowest BCUT2D eigenvalue weighted by Gasteiger charge is -2.13. The van der Waals surface area contributed by atoms with E-state index >= 15 is 0 Å². The van der Waals surface area contributed by atoms with Crippen molar-refractivity contribution in [1.82, 2.24) is 0 Å². The quantitative estimate of drug-likeness (QED) is 0.819. The van der Waals surface area contributed by atoms with E-state index in [0.717, 1.165) is 5.56 Å². The van der Waals surface area contributed by atoms with Crippen molar-refractivity contribution in [2.24, 2.45) is 0 Å². The van der Waals surface area contributed by atoms with Crippen LogP contribution in [-0.4, -0.2) is 25.1 Å². The number of hydrogen-bond donors (Lipinski definition) is 1. The highest BCUT2D eigenvalue weighted by atomic mass is 16.5. The maximum absolute atomic E-state index is 12.3. The first-order valence-electron chi connectivity index (χ1n) is 7.87. The topological polar surface area (TPSA) is 64.6 Å². The van der Waals surface area contributed by atoms with E-state index in [9.17, 15) is 9.59 Å². The zero-order chi connectivity index (χ0) is 17.5. The summed E-state index contributed by atoms with van der Waals surface area (Å²) in [4.78, 5) is 24.2. The Balaban J connectivity index is 2.23. The third kappa shape index (κ3) is 4.35. The maximum atomic E-state index is 12.3. The second kappa shape index (κ2) is 8.15. The van der Waals surface area contributed by atoms with Gasteiger partial charge in [-0.15, -0.1) is 0 Å². The van der Waals surface area contributed by atoms with Gasteiger partial charge >= 0.3 is 5.97 Å². The van der Waals surface area contributed by atoms with Gasteiger partial charge in [-0.1, -0.05) is 17.7 Å². The minimum absolute atomic E-state index is 0.236. The Bertz CT molecular complexity index is 723. The number of hydrogen-bond acceptors (Lipinski definition) is 4. The molecule has 0 saturated heterocycles. The van der Waals surface area contributed by atoms with Crippen molar-refractivity contribution in [3.63, 3.8) is 0 Å². The molecule has 2 aromatic carbocycles. The molecule has 0 saturated carbocycles. The van der Waals surface area contributed by atoms with Crippen molar-refractivity contribution in [3.8, 4) is 5.75 Å². The van der Waals surface area contributed by atoms with Crippen LogP contribution in [0.5, 0.6) is 5.75 Å². The van der Waals surface area contributed by atoms with Gasteiger partial charge in [0.2, 0.25) is 0 Å². The van der Waals surface area contributed by atoms with E-state index in [-0.39, 0.29) is 5.91 Å². The molecule has 0 aliphatic carbocycles. The molecule has 1 amide bonds. The second-order valence-corrected chi connectivity index (χ2v) is 5.18. The number of nitrogens with one attached hydrogen (secondary N) is 1. The van der Waals surface area contributed by atoms with Gasteiger partial charge in [-0.25, -0.2) is 4.79 Å². The summed E-state index contributed by atoms with van der Waals surface area (Å²) in [5.41, 5.74) is 2.53. The minimum Gasteiger partial charge on any atom is -0.492 e. The molecule has 2 aromatic rings. The lowest BCUT2D eigenvalue weighted by atomic mass is 10.1. The van der Waals surface area contributed by atoms with E-state index in [2.05, 4.69) is 5.32 Å². The fraction of sp³-hybridized carbons (Fsp3) is 0.263. The zero-order valence-corrected chi connectivity index (χ0v) is 14.1. The van der Waals surface area contributed by atoms with Crippen molar-refractivity contribution in [1.29, 1.82) is 0 Å². The van der Waals surface area contributed by atoms with Gasteiger partial charge in [0.1, 0.15) is 5.75 Å². The van der Waals surface area contributed by atoms with Crippen LogP contribution in [0.3, 0.4) is 0 Å². The second-order valence-electron chi connectivity index (χ2n) is 5.18. The third-order valence-electron chi connectivity index (χ3n) is 3.35. The molecule has 5 heteroatoms. The molecule has 0 bridgehead atoms. The van der Waals surface area contributed by atoms with Crippen LogP contribution in [0.15, 0.2) is 42.5 Å². The average Bonchev–Trinajstić information content (AvgIpc) is 2.57. The summed E-state index contributed by atoms with van der Waals surface area (Å²) >= 11 is 0. The molecule has 1 N–H and O–H groups in total. The lowest BCUT2D eigenvalue weighted by Crippen LogP contribution is -2.13. The maximum Gasteiger partial charge on any atom is 0.338 e. The minimum atomic E-state index is -0.421. The monoisotopic (exact) mass is 327 g/mol. The van der Waals surface area contributed by atoms with Gasteiger partial charge < -0.3 is 14.8 Å². The Labute approximate surface area is 141 Å². The van der Waals surface area contributed by atoms with Gasteiger partial charge in [0.25, 0.3) is 5.91 Å². The molecule has 0 atom stereocenters. The lowest BCUT2D eigenvalue weighted by molar-refractivity contribution is 0.0526. The van der Waals surface area contributed by atoms with Crippen LogP contribution >= 0.6 is 0 Å². The first-order valence-corrected chi connectivity index (χ1v) is 7.87. The molecule has 0 aliphatic rings. The SMILES string of the molecule is CCOC(=O)c1ccc(NC(=O)c2ccc(C)cc2)c(OCC)c1. The fourth-order valence-electron chi connectivity index (χ4n) is 2.14.